The Bertz CT molecular complexity index is 1110. The minimum absolute atomic E-state index is 0.0873. The summed E-state index contributed by atoms with van der Waals surface area (Å²) in [5.74, 6) is -0.800. The highest BCUT2D eigenvalue weighted by Crippen LogP contribution is 2.26. The van der Waals surface area contributed by atoms with Gasteiger partial charge in [-0.3, -0.25) is 4.79 Å². The number of amides is 1. The molecule has 32 heavy (non-hydrogen) atoms. The summed E-state index contributed by atoms with van der Waals surface area (Å²) >= 11 is 6.00. The molecule has 2 atom stereocenters. The molecule has 0 aliphatic rings. The van der Waals surface area contributed by atoms with Gasteiger partial charge in [0.15, 0.2) is 5.82 Å². The molecule has 0 aliphatic carbocycles. The zero-order valence-corrected chi connectivity index (χ0v) is 18.4. The van der Waals surface area contributed by atoms with Crippen LogP contribution in [0.15, 0.2) is 48.7 Å². The van der Waals surface area contributed by atoms with Crippen molar-refractivity contribution in [3.63, 3.8) is 0 Å². The van der Waals surface area contributed by atoms with Gasteiger partial charge in [0.1, 0.15) is 5.69 Å². The van der Waals surface area contributed by atoms with Crippen LogP contribution in [0.25, 0.3) is 11.3 Å². The highest BCUT2D eigenvalue weighted by Gasteiger charge is 2.18. The Balaban J connectivity index is 1.83. The van der Waals surface area contributed by atoms with Gasteiger partial charge in [0.25, 0.3) is 5.91 Å². The van der Waals surface area contributed by atoms with E-state index in [1.807, 2.05) is 0 Å². The summed E-state index contributed by atoms with van der Waals surface area (Å²) < 4.78 is 14.4. The van der Waals surface area contributed by atoms with E-state index in [4.69, 9.17) is 11.6 Å². The van der Waals surface area contributed by atoms with Crippen LogP contribution < -0.4 is 10.6 Å². The molecule has 2 aromatic carbocycles. The van der Waals surface area contributed by atoms with Gasteiger partial charge in [-0.2, -0.15) is 0 Å². The van der Waals surface area contributed by atoms with Gasteiger partial charge < -0.3 is 20.8 Å². The molecule has 0 saturated carbocycles. The van der Waals surface area contributed by atoms with Gasteiger partial charge in [-0.05, 0) is 49.2 Å². The van der Waals surface area contributed by atoms with Gasteiger partial charge in [0.2, 0.25) is 5.95 Å². The largest absolute Gasteiger partial charge is 0.394 e. The Morgan fingerprint density at radius 3 is 2.62 bits per heavy atom. The normalized spacial score (nSPS) is 12.8. The van der Waals surface area contributed by atoms with Crippen LogP contribution in [-0.4, -0.2) is 45.3 Å². The van der Waals surface area contributed by atoms with Crippen molar-refractivity contribution in [2.45, 2.75) is 25.9 Å². The standard InChI is InChI=1S/C23H24ClFN4O3/c1-13-8-16(22(32)28-20(12-31)15-4-3-5-17(24)9-15)6-7-18(13)21-19(25)10-26-23(29-21)27-14(2)11-30/h3-10,14,20,30-31H,11-12H2,1-2H3,(H,28,32)(H,26,27,29)/t14-,20+/m0/s1. The molecule has 4 N–H and O–H groups in total. The second kappa shape index (κ2) is 10.5. The van der Waals surface area contributed by atoms with Crippen molar-refractivity contribution < 1.29 is 19.4 Å². The summed E-state index contributed by atoms with van der Waals surface area (Å²) in [7, 11) is 0. The molecule has 0 bridgehead atoms. The number of anilines is 1. The number of halogens is 2. The van der Waals surface area contributed by atoms with Gasteiger partial charge >= 0.3 is 0 Å². The summed E-state index contributed by atoms with van der Waals surface area (Å²) in [5, 5.41) is 25.1. The summed E-state index contributed by atoms with van der Waals surface area (Å²) in [4.78, 5) is 20.9. The van der Waals surface area contributed by atoms with Gasteiger partial charge in [-0.15, -0.1) is 0 Å². The highest BCUT2D eigenvalue weighted by atomic mass is 35.5. The summed E-state index contributed by atoms with van der Waals surface area (Å²) in [6, 6.07) is 10.8. The second-order valence-electron chi connectivity index (χ2n) is 7.41. The minimum atomic E-state index is -0.623. The van der Waals surface area contributed by atoms with Crippen LogP contribution in [0.2, 0.25) is 5.02 Å². The first kappa shape index (κ1) is 23.6. The number of carbonyl (C=O) groups is 1. The maximum atomic E-state index is 14.4. The van der Waals surface area contributed by atoms with Gasteiger partial charge in [-0.1, -0.05) is 29.8 Å². The average Bonchev–Trinajstić information content (AvgIpc) is 2.78. The van der Waals surface area contributed by atoms with Crippen molar-refractivity contribution in [3.05, 3.63) is 76.2 Å². The average molecular weight is 459 g/mol. The van der Waals surface area contributed by atoms with E-state index < -0.39 is 11.9 Å². The fourth-order valence-electron chi connectivity index (χ4n) is 3.16. The summed E-state index contributed by atoms with van der Waals surface area (Å²) in [5.41, 5.74) is 2.27. The first-order valence-corrected chi connectivity index (χ1v) is 10.4. The van der Waals surface area contributed by atoms with Gasteiger partial charge in [0.05, 0.1) is 25.5 Å². The smallest absolute Gasteiger partial charge is 0.251 e. The van der Waals surface area contributed by atoms with E-state index in [0.717, 1.165) is 6.20 Å². The number of aliphatic hydroxyl groups is 2. The SMILES string of the molecule is Cc1cc(C(=O)N[C@H](CO)c2cccc(Cl)c2)ccc1-c1nc(N[C@@H](C)CO)ncc1F. The molecule has 0 radical (unpaired) electrons. The van der Waals surface area contributed by atoms with Crippen molar-refractivity contribution >= 4 is 23.5 Å². The topological polar surface area (TPSA) is 107 Å². The number of aliphatic hydroxyl groups excluding tert-OH is 2. The van der Waals surface area contributed by atoms with E-state index >= 15 is 0 Å². The van der Waals surface area contributed by atoms with E-state index in [0.29, 0.717) is 27.3 Å². The second-order valence-corrected chi connectivity index (χ2v) is 7.85. The minimum Gasteiger partial charge on any atom is -0.394 e. The van der Waals surface area contributed by atoms with Crippen molar-refractivity contribution in [1.29, 1.82) is 0 Å². The third-order valence-corrected chi connectivity index (χ3v) is 5.11. The lowest BCUT2D eigenvalue weighted by Crippen LogP contribution is -2.30. The van der Waals surface area contributed by atoms with Crippen molar-refractivity contribution in [1.82, 2.24) is 15.3 Å². The molecule has 0 saturated heterocycles. The number of rotatable bonds is 8. The molecule has 168 valence electrons. The van der Waals surface area contributed by atoms with Crippen molar-refractivity contribution in [2.24, 2.45) is 0 Å². The fourth-order valence-corrected chi connectivity index (χ4v) is 3.36. The molecule has 0 spiro atoms. The van der Waals surface area contributed by atoms with Crippen LogP contribution in [0.1, 0.15) is 34.5 Å². The quantitative estimate of drug-likeness (QED) is 0.411. The van der Waals surface area contributed by atoms with Gasteiger partial charge in [0, 0.05) is 22.2 Å². The number of aromatic nitrogens is 2. The van der Waals surface area contributed by atoms with Crippen LogP contribution in [0.3, 0.4) is 0 Å². The molecular formula is C23H24ClFN4O3. The lowest BCUT2D eigenvalue weighted by Gasteiger charge is -2.18. The molecule has 9 heteroatoms. The van der Waals surface area contributed by atoms with E-state index in [2.05, 4.69) is 20.6 Å². The monoisotopic (exact) mass is 458 g/mol. The number of aryl methyl sites for hydroxylation is 1. The Hall–Kier alpha value is -3.07. The molecule has 1 heterocycles. The number of hydrogen-bond acceptors (Lipinski definition) is 6. The fraction of sp³-hybridized carbons (Fsp3) is 0.261. The molecule has 1 amide bonds. The van der Waals surface area contributed by atoms with Crippen LogP contribution in [0, 0.1) is 12.7 Å². The Labute approximate surface area is 190 Å². The number of benzene rings is 2. The zero-order valence-electron chi connectivity index (χ0n) is 17.6. The highest BCUT2D eigenvalue weighted by molar-refractivity contribution is 6.30. The van der Waals surface area contributed by atoms with E-state index in [1.165, 1.54) is 0 Å². The lowest BCUT2D eigenvalue weighted by atomic mass is 10.0. The zero-order chi connectivity index (χ0) is 23.3. The van der Waals surface area contributed by atoms with E-state index in [-0.39, 0.29) is 36.8 Å². The molecule has 1 aromatic heterocycles. The molecule has 3 aromatic rings. The molecule has 3 rings (SSSR count). The Kier molecular flexibility index (Phi) is 7.74. The van der Waals surface area contributed by atoms with Crippen molar-refractivity contribution in [2.75, 3.05) is 18.5 Å². The van der Waals surface area contributed by atoms with E-state index in [9.17, 15) is 19.4 Å². The molecule has 0 aliphatic heterocycles. The Morgan fingerprint density at radius 1 is 1.19 bits per heavy atom. The number of nitrogens with one attached hydrogen (secondary N) is 2. The third kappa shape index (κ3) is 5.59. The summed E-state index contributed by atoms with van der Waals surface area (Å²) in [6.45, 7) is 3.08. The predicted molar refractivity (Wildman–Crippen MR) is 121 cm³/mol. The maximum absolute atomic E-state index is 14.4. The molecular weight excluding hydrogens is 435 g/mol. The molecule has 0 fully saturated rings. The first-order chi connectivity index (χ1) is 15.3. The molecule has 7 nitrogen and oxygen atoms in total. The van der Waals surface area contributed by atoms with Crippen LogP contribution in [0.4, 0.5) is 10.3 Å². The first-order valence-electron chi connectivity index (χ1n) is 10.0. The predicted octanol–water partition coefficient (Wildman–Crippen LogP) is 3.50. The van der Waals surface area contributed by atoms with E-state index in [1.54, 1.807) is 56.3 Å². The van der Waals surface area contributed by atoms with Gasteiger partial charge in [-0.25, -0.2) is 14.4 Å². The molecule has 0 unspecified atom stereocenters. The maximum Gasteiger partial charge on any atom is 0.251 e. The lowest BCUT2D eigenvalue weighted by molar-refractivity contribution is 0.0916. The summed E-state index contributed by atoms with van der Waals surface area (Å²) in [6.07, 6.45) is 1.06. The van der Waals surface area contributed by atoms with Crippen LogP contribution in [-0.2, 0) is 0 Å². The van der Waals surface area contributed by atoms with Crippen LogP contribution in [0.5, 0.6) is 0 Å². The van der Waals surface area contributed by atoms with Crippen LogP contribution >= 0.6 is 11.6 Å². The third-order valence-electron chi connectivity index (χ3n) is 4.88. The number of nitrogens with zero attached hydrogens (tertiary/aromatic N) is 2. The Morgan fingerprint density at radius 2 is 1.97 bits per heavy atom. The van der Waals surface area contributed by atoms with Crippen molar-refractivity contribution in [3.8, 4) is 11.3 Å². The number of hydrogen-bond donors (Lipinski definition) is 4. The number of carbonyl (C=O) groups excluding carboxylic acids is 1.